The van der Waals surface area contributed by atoms with Crippen molar-refractivity contribution in [2.24, 2.45) is 0 Å². The molecule has 0 aliphatic heterocycles. The topological polar surface area (TPSA) is 80.4 Å². The SMILES string of the molecule is CCC(C(=O)O)c1c(Cl)cccc1[N+](=O)[O-]. The average Bonchev–Trinajstić information content (AvgIpc) is 2.20. The van der Waals surface area contributed by atoms with E-state index in [1.165, 1.54) is 18.2 Å². The fraction of sp³-hybridized carbons (Fsp3) is 0.300. The quantitative estimate of drug-likeness (QED) is 0.651. The molecule has 0 aliphatic carbocycles. The van der Waals surface area contributed by atoms with Gasteiger partial charge in [0.05, 0.1) is 21.4 Å². The van der Waals surface area contributed by atoms with Crippen LogP contribution in [0.15, 0.2) is 18.2 Å². The molecule has 0 radical (unpaired) electrons. The fourth-order valence-corrected chi connectivity index (χ4v) is 1.83. The Labute approximate surface area is 96.8 Å². The summed E-state index contributed by atoms with van der Waals surface area (Å²) in [6.07, 6.45) is 0.250. The van der Waals surface area contributed by atoms with Gasteiger partial charge in [0.1, 0.15) is 0 Å². The molecular formula is C10H10ClNO4. The molecule has 1 rings (SSSR count). The second-order valence-electron chi connectivity index (χ2n) is 3.23. The first-order valence-corrected chi connectivity index (χ1v) is 5.02. The molecule has 16 heavy (non-hydrogen) atoms. The van der Waals surface area contributed by atoms with Gasteiger partial charge in [0.2, 0.25) is 0 Å². The van der Waals surface area contributed by atoms with Crippen molar-refractivity contribution < 1.29 is 14.8 Å². The summed E-state index contributed by atoms with van der Waals surface area (Å²) in [6, 6.07) is 4.14. The number of benzene rings is 1. The van der Waals surface area contributed by atoms with Crippen molar-refractivity contribution in [2.75, 3.05) is 0 Å². The molecule has 0 heterocycles. The van der Waals surface area contributed by atoms with Crippen LogP contribution in [0.2, 0.25) is 5.02 Å². The van der Waals surface area contributed by atoms with Gasteiger partial charge in [0.15, 0.2) is 0 Å². The van der Waals surface area contributed by atoms with E-state index in [9.17, 15) is 14.9 Å². The summed E-state index contributed by atoms with van der Waals surface area (Å²) in [5.74, 6) is -2.06. The first-order valence-electron chi connectivity index (χ1n) is 4.64. The van der Waals surface area contributed by atoms with E-state index in [1.54, 1.807) is 6.92 Å². The second-order valence-corrected chi connectivity index (χ2v) is 3.64. The van der Waals surface area contributed by atoms with Crippen LogP contribution in [0.25, 0.3) is 0 Å². The molecule has 0 saturated carbocycles. The first-order chi connectivity index (χ1) is 7.49. The van der Waals surface area contributed by atoms with E-state index in [1.807, 2.05) is 0 Å². The van der Waals surface area contributed by atoms with Gasteiger partial charge in [-0.25, -0.2) is 0 Å². The Kier molecular flexibility index (Phi) is 3.84. The predicted octanol–water partition coefficient (Wildman–Crippen LogP) is 2.83. The van der Waals surface area contributed by atoms with Crippen LogP contribution in [0, 0.1) is 10.1 Å². The first kappa shape index (κ1) is 12.4. The van der Waals surface area contributed by atoms with Gasteiger partial charge in [0, 0.05) is 6.07 Å². The predicted molar refractivity (Wildman–Crippen MR) is 58.8 cm³/mol. The average molecular weight is 244 g/mol. The minimum atomic E-state index is -1.11. The minimum absolute atomic E-state index is 0.0733. The minimum Gasteiger partial charge on any atom is -0.481 e. The lowest BCUT2D eigenvalue weighted by atomic mass is 9.95. The molecule has 0 aliphatic rings. The molecule has 0 fully saturated rings. The molecule has 0 aromatic heterocycles. The maximum atomic E-state index is 11.0. The number of carboxylic acids is 1. The number of nitrogens with zero attached hydrogens (tertiary/aromatic N) is 1. The monoisotopic (exact) mass is 243 g/mol. The van der Waals surface area contributed by atoms with Crippen molar-refractivity contribution in [1.29, 1.82) is 0 Å². The summed E-state index contributed by atoms with van der Waals surface area (Å²) in [5, 5.41) is 19.9. The standard InChI is InChI=1S/C10H10ClNO4/c1-2-6(10(13)14)9-7(11)4-3-5-8(9)12(15)16/h3-6H,2H2,1H3,(H,13,14). The molecule has 1 unspecified atom stereocenters. The van der Waals surface area contributed by atoms with Crippen molar-refractivity contribution in [3.8, 4) is 0 Å². The van der Waals surface area contributed by atoms with Crippen LogP contribution in [0.5, 0.6) is 0 Å². The summed E-state index contributed by atoms with van der Waals surface area (Å²) in [7, 11) is 0. The van der Waals surface area contributed by atoms with Crippen LogP contribution in [-0.4, -0.2) is 16.0 Å². The normalized spacial score (nSPS) is 12.1. The number of nitro benzene ring substituents is 1. The number of nitro groups is 1. The lowest BCUT2D eigenvalue weighted by molar-refractivity contribution is -0.385. The Morgan fingerprint density at radius 1 is 1.62 bits per heavy atom. The van der Waals surface area contributed by atoms with Crippen LogP contribution >= 0.6 is 11.6 Å². The largest absolute Gasteiger partial charge is 0.481 e. The number of rotatable bonds is 4. The van der Waals surface area contributed by atoms with Gasteiger partial charge in [-0.15, -0.1) is 0 Å². The molecule has 6 heteroatoms. The van der Waals surface area contributed by atoms with Gasteiger partial charge in [-0.2, -0.15) is 0 Å². The number of halogens is 1. The Bertz CT molecular complexity index is 433. The molecule has 5 nitrogen and oxygen atoms in total. The smallest absolute Gasteiger partial charge is 0.311 e. The summed E-state index contributed by atoms with van der Waals surface area (Å²) in [6.45, 7) is 1.64. The summed E-state index contributed by atoms with van der Waals surface area (Å²) >= 11 is 5.82. The van der Waals surface area contributed by atoms with E-state index in [0.29, 0.717) is 0 Å². The van der Waals surface area contributed by atoms with Crippen molar-refractivity contribution in [2.45, 2.75) is 19.3 Å². The summed E-state index contributed by atoms with van der Waals surface area (Å²) in [4.78, 5) is 21.1. The third kappa shape index (κ3) is 2.30. The number of hydrogen-bond acceptors (Lipinski definition) is 3. The maximum absolute atomic E-state index is 11.0. The highest BCUT2D eigenvalue weighted by molar-refractivity contribution is 6.32. The Morgan fingerprint density at radius 2 is 2.25 bits per heavy atom. The van der Waals surface area contributed by atoms with Crippen LogP contribution in [0.3, 0.4) is 0 Å². The van der Waals surface area contributed by atoms with Gasteiger partial charge in [0.25, 0.3) is 5.69 Å². The molecule has 0 spiro atoms. The summed E-state index contributed by atoms with van der Waals surface area (Å²) < 4.78 is 0. The van der Waals surface area contributed by atoms with Crippen molar-refractivity contribution in [3.63, 3.8) is 0 Å². The molecule has 0 amide bonds. The lowest BCUT2D eigenvalue weighted by Crippen LogP contribution is -2.13. The van der Waals surface area contributed by atoms with Gasteiger partial charge in [-0.05, 0) is 12.5 Å². The summed E-state index contributed by atoms with van der Waals surface area (Å²) in [5.41, 5.74) is -0.175. The van der Waals surface area contributed by atoms with Crippen molar-refractivity contribution in [3.05, 3.63) is 38.9 Å². The number of carbonyl (C=O) groups is 1. The van der Waals surface area contributed by atoms with Gasteiger partial charge in [-0.1, -0.05) is 24.6 Å². The molecule has 1 N–H and O–H groups in total. The number of carboxylic acid groups (broad SMARTS) is 1. The Hall–Kier alpha value is -1.62. The van der Waals surface area contributed by atoms with Crippen LogP contribution in [0.1, 0.15) is 24.8 Å². The van der Waals surface area contributed by atoms with Gasteiger partial charge < -0.3 is 5.11 Å². The Balaban J connectivity index is 3.39. The van der Waals surface area contributed by atoms with E-state index in [2.05, 4.69) is 0 Å². The molecule has 0 saturated heterocycles. The molecule has 86 valence electrons. The van der Waals surface area contributed by atoms with E-state index in [4.69, 9.17) is 16.7 Å². The van der Waals surface area contributed by atoms with E-state index < -0.39 is 16.8 Å². The molecular weight excluding hydrogens is 234 g/mol. The van der Waals surface area contributed by atoms with Gasteiger partial charge >= 0.3 is 5.97 Å². The fourth-order valence-electron chi connectivity index (χ4n) is 1.53. The van der Waals surface area contributed by atoms with E-state index in [-0.39, 0.29) is 22.7 Å². The van der Waals surface area contributed by atoms with Crippen LogP contribution < -0.4 is 0 Å². The highest BCUT2D eigenvalue weighted by Gasteiger charge is 2.28. The van der Waals surface area contributed by atoms with Crippen molar-refractivity contribution in [1.82, 2.24) is 0 Å². The molecule has 1 aromatic carbocycles. The lowest BCUT2D eigenvalue weighted by Gasteiger charge is -2.11. The second kappa shape index (κ2) is 4.94. The van der Waals surface area contributed by atoms with Gasteiger partial charge in [-0.3, -0.25) is 14.9 Å². The zero-order valence-electron chi connectivity index (χ0n) is 8.51. The third-order valence-electron chi connectivity index (χ3n) is 2.28. The molecule has 1 atom stereocenters. The van der Waals surface area contributed by atoms with Crippen molar-refractivity contribution >= 4 is 23.3 Å². The van der Waals surface area contributed by atoms with E-state index >= 15 is 0 Å². The Morgan fingerprint density at radius 3 is 2.69 bits per heavy atom. The number of hydrogen-bond donors (Lipinski definition) is 1. The highest BCUT2D eigenvalue weighted by atomic mass is 35.5. The molecule has 1 aromatic rings. The van der Waals surface area contributed by atoms with E-state index in [0.717, 1.165) is 0 Å². The van der Waals surface area contributed by atoms with Crippen LogP contribution in [-0.2, 0) is 4.79 Å². The zero-order chi connectivity index (χ0) is 12.3. The zero-order valence-corrected chi connectivity index (χ0v) is 9.27. The van der Waals surface area contributed by atoms with Crippen LogP contribution in [0.4, 0.5) is 5.69 Å². The highest BCUT2D eigenvalue weighted by Crippen LogP contribution is 2.34. The maximum Gasteiger partial charge on any atom is 0.311 e. The molecule has 0 bridgehead atoms. The third-order valence-corrected chi connectivity index (χ3v) is 2.61. The number of aliphatic carboxylic acids is 1.